The van der Waals surface area contributed by atoms with Crippen molar-refractivity contribution < 1.29 is 4.74 Å². The van der Waals surface area contributed by atoms with Crippen molar-refractivity contribution in [3.05, 3.63) is 95.4 Å². The maximum absolute atomic E-state index is 6.64. The molecule has 5 rings (SSSR count). The number of nitrogens with two attached hydrogens (primary N) is 1. The van der Waals surface area contributed by atoms with Gasteiger partial charge in [0.1, 0.15) is 16.9 Å². The van der Waals surface area contributed by atoms with Crippen LogP contribution >= 0.6 is 0 Å². The molecule has 1 spiro atoms. The van der Waals surface area contributed by atoms with Crippen LogP contribution in [0.4, 0.5) is 5.69 Å². The zero-order valence-electron chi connectivity index (χ0n) is 19.5. The maximum atomic E-state index is 6.64. The average Bonchev–Trinajstić information content (AvgIpc) is 3.16. The van der Waals surface area contributed by atoms with E-state index in [1.807, 2.05) is 54.5 Å². The second-order valence-corrected chi connectivity index (χ2v) is 9.68. The summed E-state index contributed by atoms with van der Waals surface area (Å²) in [5.74, 6) is 1.29. The molecule has 0 saturated heterocycles. The van der Waals surface area contributed by atoms with E-state index in [4.69, 9.17) is 15.6 Å². The molecule has 0 radical (unpaired) electrons. The highest BCUT2D eigenvalue weighted by Crippen LogP contribution is 2.46. The van der Waals surface area contributed by atoms with Crippen LogP contribution in [-0.2, 0) is 5.41 Å². The van der Waals surface area contributed by atoms with Gasteiger partial charge in [0.05, 0.1) is 12.3 Å². The molecule has 6 heteroatoms. The first-order valence-corrected chi connectivity index (χ1v) is 11.2. The molecule has 1 aromatic carbocycles. The Labute approximate surface area is 194 Å². The van der Waals surface area contributed by atoms with E-state index in [1.165, 1.54) is 0 Å². The van der Waals surface area contributed by atoms with Gasteiger partial charge in [0.2, 0.25) is 5.88 Å². The van der Waals surface area contributed by atoms with Crippen LogP contribution in [0.15, 0.2) is 94.9 Å². The van der Waals surface area contributed by atoms with Crippen LogP contribution < -0.4 is 15.9 Å². The Bertz CT molecular complexity index is 1260. The van der Waals surface area contributed by atoms with Gasteiger partial charge in [0.15, 0.2) is 0 Å². The lowest BCUT2D eigenvalue weighted by Crippen LogP contribution is -2.43. The highest BCUT2D eigenvalue weighted by molar-refractivity contribution is 6.07. The highest BCUT2D eigenvalue weighted by atomic mass is 16.5. The van der Waals surface area contributed by atoms with Crippen molar-refractivity contribution in [2.75, 3.05) is 12.0 Å². The lowest BCUT2D eigenvalue weighted by atomic mass is 9.68. The molecule has 1 aromatic heterocycles. The molecule has 6 nitrogen and oxygen atoms in total. The summed E-state index contributed by atoms with van der Waals surface area (Å²) < 4.78 is 6.32. The number of benzene rings is 1. The fraction of sp³-hybridized carbons (Fsp3) is 0.259. The predicted octanol–water partition coefficient (Wildman–Crippen LogP) is 5.46. The molecular formula is C27H29N5O. The van der Waals surface area contributed by atoms with Gasteiger partial charge in [-0.2, -0.15) is 5.10 Å². The van der Waals surface area contributed by atoms with E-state index < -0.39 is 5.41 Å². The first-order valence-electron chi connectivity index (χ1n) is 11.2. The minimum atomic E-state index is -0.442. The van der Waals surface area contributed by atoms with Crippen LogP contribution in [-0.4, -0.2) is 22.4 Å². The summed E-state index contributed by atoms with van der Waals surface area (Å²) in [5, 5.41) is 6.68. The molecular weight excluding hydrogens is 410 g/mol. The van der Waals surface area contributed by atoms with Gasteiger partial charge < -0.3 is 10.5 Å². The summed E-state index contributed by atoms with van der Waals surface area (Å²) in [6, 6.07) is 11.9. The van der Waals surface area contributed by atoms with Gasteiger partial charge in [0, 0.05) is 17.5 Å². The summed E-state index contributed by atoms with van der Waals surface area (Å²) in [4.78, 5) is 4.51. The summed E-state index contributed by atoms with van der Waals surface area (Å²) in [7, 11) is 0. The Hall–Kier alpha value is -3.80. The van der Waals surface area contributed by atoms with Gasteiger partial charge in [0.25, 0.3) is 0 Å². The second-order valence-electron chi connectivity index (χ2n) is 9.68. The minimum Gasteiger partial charge on any atom is -0.437 e. The number of anilines is 1. The minimum absolute atomic E-state index is 0.0555. The van der Waals surface area contributed by atoms with Crippen LogP contribution in [0.25, 0.3) is 0 Å². The zero-order valence-corrected chi connectivity index (χ0v) is 19.5. The second kappa shape index (κ2) is 7.66. The van der Waals surface area contributed by atoms with Crippen molar-refractivity contribution in [2.24, 2.45) is 16.3 Å². The Balaban J connectivity index is 1.45. The third kappa shape index (κ3) is 3.52. The van der Waals surface area contributed by atoms with Crippen LogP contribution in [0.1, 0.15) is 33.3 Å². The van der Waals surface area contributed by atoms with E-state index in [2.05, 4.69) is 55.5 Å². The number of para-hydroxylation sites is 1. The number of rotatable bonds is 4. The van der Waals surface area contributed by atoms with E-state index in [0.29, 0.717) is 12.4 Å². The quantitative estimate of drug-likeness (QED) is 0.662. The topological polar surface area (TPSA) is 75.8 Å². The van der Waals surface area contributed by atoms with E-state index >= 15 is 0 Å². The molecule has 0 amide bonds. The number of hydrazine groups is 1. The van der Waals surface area contributed by atoms with Crippen LogP contribution in [0.3, 0.4) is 0 Å². The Morgan fingerprint density at radius 3 is 2.73 bits per heavy atom. The van der Waals surface area contributed by atoms with E-state index in [9.17, 15) is 0 Å². The summed E-state index contributed by atoms with van der Waals surface area (Å²) in [6.07, 6.45) is 12.1. The molecule has 0 saturated carbocycles. The molecule has 168 valence electrons. The predicted molar refractivity (Wildman–Crippen MR) is 133 cm³/mol. The number of nitrogens with one attached hydrogen (secondary N) is 1. The first kappa shape index (κ1) is 21.1. The molecule has 1 unspecified atom stereocenters. The zero-order chi connectivity index (χ0) is 23.2. The summed E-state index contributed by atoms with van der Waals surface area (Å²) in [5.41, 5.74) is 15.4. The molecule has 2 aliphatic carbocycles. The number of hydrazone groups is 1. The fourth-order valence-electron chi connectivity index (χ4n) is 4.61. The molecule has 0 bridgehead atoms. The molecule has 2 heterocycles. The van der Waals surface area contributed by atoms with Gasteiger partial charge in [-0.3, -0.25) is 5.43 Å². The van der Waals surface area contributed by atoms with Gasteiger partial charge in [-0.15, -0.1) is 0 Å². The Morgan fingerprint density at radius 1 is 1.09 bits per heavy atom. The van der Waals surface area contributed by atoms with Crippen molar-refractivity contribution in [1.29, 1.82) is 0 Å². The monoisotopic (exact) mass is 439 g/mol. The molecule has 1 atom stereocenters. The molecule has 3 N–H and O–H groups in total. The van der Waals surface area contributed by atoms with Gasteiger partial charge in [-0.1, -0.05) is 63.3 Å². The van der Waals surface area contributed by atoms with Crippen LogP contribution in [0, 0.1) is 5.41 Å². The summed E-state index contributed by atoms with van der Waals surface area (Å²) >= 11 is 0. The van der Waals surface area contributed by atoms with Crippen molar-refractivity contribution in [2.45, 2.75) is 33.1 Å². The van der Waals surface area contributed by atoms with E-state index in [0.717, 1.165) is 39.6 Å². The number of ether oxygens (including phenoxy) is 1. The molecule has 33 heavy (non-hydrogen) atoms. The number of hydrogen-bond donors (Lipinski definition) is 2. The van der Waals surface area contributed by atoms with Crippen molar-refractivity contribution in [3.8, 4) is 11.6 Å². The SMILES string of the molecule is CC1=C(N)C23CN(Nc4cccnc4Oc4ccccc4C(C)(C)C)N=C2C=CC=C3C=C1. The summed E-state index contributed by atoms with van der Waals surface area (Å²) in [6.45, 7) is 9.14. The van der Waals surface area contributed by atoms with Gasteiger partial charge in [-0.05, 0) is 47.8 Å². The largest absolute Gasteiger partial charge is 0.437 e. The lowest BCUT2D eigenvalue weighted by Gasteiger charge is -2.36. The number of aromatic nitrogens is 1. The highest BCUT2D eigenvalue weighted by Gasteiger charge is 2.49. The standard InChI is InChI=1S/C27H29N5O/c1-18-14-15-19-9-7-13-23-27(19,24(18)28)17-32(31-23)30-21-11-8-16-29-25(21)33-22-12-6-5-10-20(22)26(2,3)4/h5-16,30H,17,28H2,1-4H3. The van der Waals surface area contributed by atoms with Crippen molar-refractivity contribution >= 4 is 11.4 Å². The van der Waals surface area contributed by atoms with Crippen LogP contribution in [0.5, 0.6) is 11.6 Å². The average molecular weight is 440 g/mol. The van der Waals surface area contributed by atoms with Crippen molar-refractivity contribution in [1.82, 2.24) is 10.1 Å². The Morgan fingerprint density at radius 2 is 1.91 bits per heavy atom. The number of nitrogens with zero attached hydrogens (tertiary/aromatic N) is 3. The van der Waals surface area contributed by atoms with Gasteiger partial charge >= 0.3 is 0 Å². The smallest absolute Gasteiger partial charge is 0.244 e. The third-order valence-corrected chi connectivity index (χ3v) is 6.40. The van der Waals surface area contributed by atoms with E-state index in [-0.39, 0.29) is 5.41 Å². The fourth-order valence-corrected chi connectivity index (χ4v) is 4.61. The molecule has 3 aliphatic rings. The number of allylic oxidation sites excluding steroid dienone is 6. The van der Waals surface area contributed by atoms with E-state index in [1.54, 1.807) is 6.20 Å². The van der Waals surface area contributed by atoms with Crippen LogP contribution in [0.2, 0.25) is 0 Å². The molecule has 0 fully saturated rings. The Kier molecular flexibility index (Phi) is 4.89. The number of hydrogen-bond acceptors (Lipinski definition) is 6. The molecule has 1 aliphatic heterocycles. The number of pyridine rings is 1. The molecule has 2 aromatic rings. The normalized spacial score (nSPS) is 21.4. The van der Waals surface area contributed by atoms with Gasteiger partial charge in [-0.25, -0.2) is 10.1 Å². The lowest BCUT2D eigenvalue weighted by molar-refractivity contribution is 0.329. The maximum Gasteiger partial charge on any atom is 0.244 e. The van der Waals surface area contributed by atoms with Crippen molar-refractivity contribution in [3.63, 3.8) is 0 Å². The third-order valence-electron chi connectivity index (χ3n) is 6.40. The first-order chi connectivity index (χ1) is 15.8.